The molecule has 0 bridgehead atoms. The molecule has 2 nitrogen and oxygen atoms in total. The van der Waals surface area contributed by atoms with Crippen molar-refractivity contribution >= 4 is 5.52 Å². The molecule has 0 spiro atoms. The summed E-state index contributed by atoms with van der Waals surface area (Å²) in [7, 11) is 0. The molecule has 0 atom stereocenters. The highest BCUT2D eigenvalue weighted by Crippen LogP contribution is 2.24. The molecule has 0 saturated carbocycles. The van der Waals surface area contributed by atoms with E-state index in [0.29, 0.717) is 0 Å². The van der Waals surface area contributed by atoms with Crippen molar-refractivity contribution in [3.63, 3.8) is 0 Å². The number of imidazole rings is 1. The maximum Gasteiger partial charge on any atom is 0.118 e. The topological polar surface area (TPSA) is 17.3 Å². The van der Waals surface area contributed by atoms with Crippen LogP contribution in [0.4, 0.5) is 0 Å². The molecular formula is C13H18N2. The van der Waals surface area contributed by atoms with Gasteiger partial charge in [0.15, 0.2) is 0 Å². The molecule has 0 aliphatic heterocycles. The van der Waals surface area contributed by atoms with E-state index in [1.54, 1.807) is 0 Å². The normalized spacial score (nSPS) is 12.3. The summed E-state index contributed by atoms with van der Waals surface area (Å²) in [6, 6.07) is 6.27. The highest BCUT2D eigenvalue weighted by molar-refractivity contribution is 5.53. The second-order valence-electron chi connectivity index (χ2n) is 4.94. The summed E-state index contributed by atoms with van der Waals surface area (Å²) in [5.74, 6) is 1.15. The van der Waals surface area contributed by atoms with Gasteiger partial charge in [-0.15, -0.1) is 0 Å². The van der Waals surface area contributed by atoms with Crippen molar-refractivity contribution in [1.29, 1.82) is 0 Å². The Kier molecular flexibility index (Phi) is 2.29. The van der Waals surface area contributed by atoms with Gasteiger partial charge in [0.25, 0.3) is 0 Å². The quantitative estimate of drug-likeness (QED) is 0.694. The van der Waals surface area contributed by atoms with E-state index in [1.807, 2.05) is 0 Å². The van der Waals surface area contributed by atoms with Gasteiger partial charge in [-0.3, -0.25) is 0 Å². The van der Waals surface area contributed by atoms with Crippen molar-refractivity contribution in [2.45, 2.75) is 39.5 Å². The first-order chi connectivity index (χ1) is 7.04. The van der Waals surface area contributed by atoms with Crippen LogP contribution in [0.3, 0.4) is 0 Å². The third-order valence-electron chi connectivity index (χ3n) is 2.63. The fourth-order valence-electron chi connectivity index (χ4n) is 1.89. The van der Waals surface area contributed by atoms with E-state index in [2.05, 4.69) is 56.5 Å². The number of rotatable bonds is 1. The van der Waals surface area contributed by atoms with Crippen LogP contribution >= 0.6 is 0 Å². The third kappa shape index (κ3) is 1.65. The van der Waals surface area contributed by atoms with Gasteiger partial charge in [-0.2, -0.15) is 0 Å². The largest absolute Gasteiger partial charge is 0.303 e. The Labute approximate surface area is 91.0 Å². The summed E-state index contributed by atoms with van der Waals surface area (Å²) in [4.78, 5) is 4.74. The molecule has 80 valence electrons. The van der Waals surface area contributed by atoms with Crippen LogP contribution in [0.2, 0.25) is 0 Å². The lowest BCUT2D eigenvalue weighted by Crippen LogP contribution is -2.15. The van der Waals surface area contributed by atoms with Gasteiger partial charge in [0.05, 0.1) is 11.2 Å². The lowest BCUT2D eigenvalue weighted by Gasteiger charge is -2.16. The molecule has 0 aromatic carbocycles. The highest BCUT2D eigenvalue weighted by Gasteiger charge is 2.21. The van der Waals surface area contributed by atoms with Gasteiger partial charge in [0.2, 0.25) is 0 Å². The summed E-state index contributed by atoms with van der Waals surface area (Å²) in [6.45, 7) is 8.76. The fraction of sp³-hybridized carbons (Fsp3) is 0.462. The summed E-state index contributed by atoms with van der Waals surface area (Å²) in [6.07, 6.45) is 3.09. The zero-order chi connectivity index (χ0) is 11.1. The Morgan fingerprint density at radius 3 is 2.60 bits per heavy atom. The highest BCUT2D eigenvalue weighted by atomic mass is 15.0. The van der Waals surface area contributed by atoms with Crippen LogP contribution in [-0.2, 0) is 11.8 Å². The smallest absolute Gasteiger partial charge is 0.118 e. The molecule has 15 heavy (non-hydrogen) atoms. The lowest BCUT2D eigenvalue weighted by molar-refractivity contribution is 0.542. The SMILES string of the molecule is CCc1nc(C(C)(C)C)n2ccccc12. The number of nitrogens with zero attached hydrogens (tertiary/aromatic N) is 2. The fourth-order valence-corrected chi connectivity index (χ4v) is 1.89. The number of aromatic nitrogens is 2. The van der Waals surface area contributed by atoms with Crippen molar-refractivity contribution in [1.82, 2.24) is 9.38 Å². The number of aryl methyl sites for hydroxylation is 1. The Morgan fingerprint density at radius 1 is 1.27 bits per heavy atom. The molecule has 2 aromatic heterocycles. The molecule has 0 fully saturated rings. The van der Waals surface area contributed by atoms with Gasteiger partial charge in [-0.25, -0.2) is 4.98 Å². The van der Waals surface area contributed by atoms with Gasteiger partial charge in [-0.1, -0.05) is 33.8 Å². The zero-order valence-corrected chi connectivity index (χ0v) is 9.91. The molecule has 2 heterocycles. The first-order valence-electron chi connectivity index (χ1n) is 5.50. The molecule has 2 rings (SSSR count). The second-order valence-corrected chi connectivity index (χ2v) is 4.94. The molecule has 2 heteroatoms. The van der Waals surface area contributed by atoms with E-state index >= 15 is 0 Å². The van der Waals surface area contributed by atoms with E-state index in [9.17, 15) is 0 Å². The predicted molar refractivity (Wildman–Crippen MR) is 63.3 cm³/mol. The number of hydrogen-bond acceptors (Lipinski definition) is 1. The van der Waals surface area contributed by atoms with Gasteiger partial charge >= 0.3 is 0 Å². The molecule has 0 aliphatic rings. The van der Waals surface area contributed by atoms with Crippen molar-refractivity contribution in [3.05, 3.63) is 35.9 Å². The summed E-state index contributed by atoms with van der Waals surface area (Å²) >= 11 is 0. The molecule has 0 N–H and O–H groups in total. The summed E-state index contributed by atoms with van der Waals surface area (Å²) < 4.78 is 2.21. The van der Waals surface area contributed by atoms with Crippen LogP contribution in [0.25, 0.3) is 5.52 Å². The molecule has 0 aliphatic carbocycles. The first kappa shape index (κ1) is 10.2. The minimum atomic E-state index is 0.0949. The molecule has 2 aromatic rings. The van der Waals surface area contributed by atoms with E-state index in [-0.39, 0.29) is 5.41 Å². The minimum Gasteiger partial charge on any atom is -0.303 e. The van der Waals surface area contributed by atoms with Crippen molar-refractivity contribution in [2.75, 3.05) is 0 Å². The zero-order valence-electron chi connectivity index (χ0n) is 9.91. The van der Waals surface area contributed by atoms with Crippen LogP contribution in [0.5, 0.6) is 0 Å². The van der Waals surface area contributed by atoms with E-state index < -0.39 is 0 Å². The number of pyridine rings is 1. The van der Waals surface area contributed by atoms with Gasteiger partial charge in [-0.05, 0) is 18.6 Å². The van der Waals surface area contributed by atoms with E-state index in [1.165, 1.54) is 11.2 Å². The standard InChI is InChI=1S/C13H18N2/c1-5-10-11-8-6-7-9-15(11)12(14-10)13(2,3)4/h6-9H,5H2,1-4H3. The van der Waals surface area contributed by atoms with Gasteiger partial charge in [0, 0.05) is 11.6 Å². The lowest BCUT2D eigenvalue weighted by atomic mass is 9.96. The monoisotopic (exact) mass is 202 g/mol. The van der Waals surface area contributed by atoms with Crippen LogP contribution in [-0.4, -0.2) is 9.38 Å². The van der Waals surface area contributed by atoms with Gasteiger partial charge in [0.1, 0.15) is 5.82 Å². The van der Waals surface area contributed by atoms with Crippen LogP contribution in [0.15, 0.2) is 24.4 Å². The number of hydrogen-bond donors (Lipinski definition) is 0. The Morgan fingerprint density at radius 2 is 2.00 bits per heavy atom. The van der Waals surface area contributed by atoms with Crippen molar-refractivity contribution in [3.8, 4) is 0 Å². The minimum absolute atomic E-state index is 0.0949. The van der Waals surface area contributed by atoms with E-state index in [0.717, 1.165) is 12.2 Å². The summed E-state index contributed by atoms with van der Waals surface area (Å²) in [5, 5.41) is 0. The predicted octanol–water partition coefficient (Wildman–Crippen LogP) is 3.19. The molecule has 0 amide bonds. The summed E-state index contributed by atoms with van der Waals surface area (Å²) in [5.41, 5.74) is 2.53. The molecule has 0 unspecified atom stereocenters. The van der Waals surface area contributed by atoms with Crippen molar-refractivity contribution < 1.29 is 0 Å². The van der Waals surface area contributed by atoms with Crippen LogP contribution in [0, 0.1) is 0 Å². The Bertz CT molecular complexity index is 475. The molecular weight excluding hydrogens is 184 g/mol. The van der Waals surface area contributed by atoms with Gasteiger partial charge < -0.3 is 4.40 Å². The average molecular weight is 202 g/mol. The van der Waals surface area contributed by atoms with E-state index in [4.69, 9.17) is 4.98 Å². The molecule has 0 saturated heterocycles. The maximum atomic E-state index is 4.74. The van der Waals surface area contributed by atoms with Crippen LogP contribution < -0.4 is 0 Å². The van der Waals surface area contributed by atoms with Crippen molar-refractivity contribution in [2.24, 2.45) is 0 Å². The third-order valence-corrected chi connectivity index (χ3v) is 2.63. The Balaban J connectivity index is 2.76. The second kappa shape index (κ2) is 3.37. The molecule has 0 radical (unpaired) electrons. The number of fused-ring (bicyclic) bond motifs is 1. The first-order valence-corrected chi connectivity index (χ1v) is 5.50. The Hall–Kier alpha value is -1.31. The van der Waals surface area contributed by atoms with Crippen LogP contribution in [0.1, 0.15) is 39.2 Å². The maximum absolute atomic E-state index is 4.74. The average Bonchev–Trinajstić information content (AvgIpc) is 2.55.